The number of benzene rings is 2. The average molecular weight is 549 g/mol. The van der Waals surface area contributed by atoms with Crippen molar-refractivity contribution in [3.63, 3.8) is 0 Å². The summed E-state index contributed by atoms with van der Waals surface area (Å²) in [5.74, 6) is -0.847. The Morgan fingerprint density at radius 1 is 0.765 bits per heavy atom. The molecule has 0 saturated heterocycles. The van der Waals surface area contributed by atoms with Crippen molar-refractivity contribution >= 4 is 28.1 Å². The Morgan fingerprint density at radius 3 is 1.47 bits per heavy atom. The van der Waals surface area contributed by atoms with Crippen LogP contribution in [0.1, 0.15) is 36.8 Å². The largest absolute Gasteiger partial charge is 0.512 e. The van der Waals surface area contributed by atoms with Crippen LogP contribution >= 0.6 is 8.07 Å². The Morgan fingerprint density at radius 2 is 1.15 bits per heavy atom. The highest BCUT2D eigenvalue weighted by Crippen LogP contribution is 2.54. The second-order valence-corrected chi connectivity index (χ2v) is 13.8. The van der Waals surface area contributed by atoms with Gasteiger partial charge in [-0.2, -0.15) is 26.3 Å². The minimum absolute atomic E-state index is 0.0270. The van der Waals surface area contributed by atoms with Crippen molar-refractivity contribution in [2.75, 3.05) is 12.3 Å². The summed E-state index contributed by atoms with van der Waals surface area (Å²) in [7, 11) is -16.7. The Labute approximate surface area is 195 Å². The first kappa shape index (κ1) is 28.5. The highest BCUT2D eigenvalue weighted by molar-refractivity contribution is 8.11. The first-order valence-corrected chi connectivity index (χ1v) is 14.5. The second kappa shape index (κ2) is 10.9. The number of unbranched alkanes of at least 4 members (excludes halogenated alkanes) is 1. The van der Waals surface area contributed by atoms with Crippen molar-refractivity contribution in [2.24, 2.45) is 0 Å². The van der Waals surface area contributed by atoms with Gasteiger partial charge in [-0.15, -0.1) is 0 Å². The zero-order valence-electron chi connectivity index (χ0n) is 17.8. The SMILES string of the molecule is CCCCP(CC(c1ccccc1)c1ccccc1)N(S(=O)(=O)C(F)(F)F)S(=O)(=O)C(F)(F)F. The lowest BCUT2D eigenvalue weighted by atomic mass is 9.93. The lowest BCUT2D eigenvalue weighted by Crippen LogP contribution is -2.47. The number of sulfonamides is 2. The molecule has 2 aromatic rings. The second-order valence-electron chi connectivity index (χ2n) is 7.22. The van der Waals surface area contributed by atoms with Crippen molar-refractivity contribution in [1.29, 1.82) is 0 Å². The van der Waals surface area contributed by atoms with Gasteiger partial charge in [0, 0.05) is 14.0 Å². The van der Waals surface area contributed by atoms with Gasteiger partial charge in [-0.05, 0) is 29.9 Å². The van der Waals surface area contributed by atoms with Crippen LogP contribution in [0.4, 0.5) is 26.3 Å². The molecule has 5 nitrogen and oxygen atoms in total. The first-order valence-electron chi connectivity index (χ1n) is 9.92. The topological polar surface area (TPSA) is 71.5 Å². The third kappa shape index (κ3) is 6.30. The molecule has 34 heavy (non-hydrogen) atoms. The molecule has 0 aliphatic heterocycles. The van der Waals surface area contributed by atoms with E-state index in [2.05, 4.69) is 0 Å². The van der Waals surface area contributed by atoms with E-state index in [9.17, 15) is 43.2 Å². The van der Waals surface area contributed by atoms with E-state index in [1.54, 1.807) is 67.6 Å². The quantitative estimate of drug-likeness (QED) is 0.269. The zero-order valence-corrected chi connectivity index (χ0v) is 20.3. The molecular formula is C20H22F6NO4PS2. The number of hydrogen-bond donors (Lipinski definition) is 0. The van der Waals surface area contributed by atoms with E-state index in [1.807, 2.05) is 0 Å². The van der Waals surface area contributed by atoms with Gasteiger partial charge in [0.15, 0.2) is 0 Å². The normalized spacial score (nSPS) is 14.5. The van der Waals surface area contributed by atoms with Gasteiger partial charge >= 0.3 is 31.1 Å². The Kier molecular flexibility index (Phi) is 9.17. The fraction of sp³-hybridized carbons (Fsp3) is 0.400. The number of halogens is 6. The van der Waals surface area contributed by atoms with Crippen LogP contribution in [-0.2, 0) is 20.0 Å². The number of alkyl halides is 6. The molecule has 2 aromatic carbocycles. The van der Waals surface area contributed by atoms with E-state index < -0.39 is 60.9 Å². The number of hydrogen-bond acceptors (Lipinski definition) is 4. The third-order valence-electron chi connectivity index (χ3n) is 4.79. The maximum atomic E-state index is 13.4. The van der Waals surface area contributed by atoms with E-state index in [4.69, 9.17) is 0 Å². The van der Waals surface area contributed by atoms with Gasteiger partial charge in [0.25, 0.3) is 0 Å². The van der Waals surface area contributed by atoms with Crippen molar-refractivity contribution in [1.82, 2.24) is 3.48 Å². The highest BCUT2D eigenvalue weighted by Gasteiger charge is 2.63. The maximum absolute atomic E-state index is 13.4. The van der Waals surface area contributed by atoms with Gasteiger partial charge < -0.3 is 0 Å². The van der Waals surface area contributed by atoms with E-state index in [1.165, 1.54) is 0 Å². The van der Waals surface area contributed by atoms with Crippen molar-refractivity contribution in [2.45, 2.75) is 36.7 Å². The molecule has 0 fully saturated rings. The molecule has 1 atom stereocenters. The van der Waals surface area contributed by atoms with E-state index in [0.29, 0.717) is 17.5 Å². The summed E-state index contributed by atoms with van der Waals surface area (Å²) in [6.45, 7) is 1.60. The van der Waals surface area contributed by atoms with Crippen LogP contribution in [0.15, 0.2) is 60.7 Å². The molecule has 1 unspecified atom stereocenters. The summed E-state index contributed by atoms with van der Waals surface area (Å²) in [5.41, 5.74) is -11.5. The zero-order chi connectivity index (χ0) is 25.8. The van der Waals surface area contributed by atoms with Crippen LogP contribution < -0.4 is 0 Å². The summed E-state index contributed by atoms with van der Waals surface area (Å²) in [5, 5.41) is 0. The minimum atomic E-state index is -6.86. The van der Waals surface area contributed by atoms with Gasteiger partial charge in [0.1, 0.15) is 0 Å². The van der Waals surface area contributed by atoms with Crippen molar-refractivity contribution in [3.8, 4) is 0 Å². The molecule has 0 aliphatic rings. The molecule has 0 bridgehead atoms. The lowest BCUT2D eigenvalue weighted by Gasteiger charge is -2.33. The number of rotatable bonds is 10. The molecule has 190 valence electrons. The van der Waals surface area contributed by atoms with Crippen LogP contribution in [0, 0.1) is 0 Å². The van der Waals surface area contributed by atoms with Gasteiger partial charge in [-0.1, -0.05) is 77.5 Å². The molecule has 0 N–H and O–H groups in total. The first-order chi connectivity index (χ1) is 15.6. The standard InChI is InChI=1S/C20H22F6NO4PS2/c1-2-3-14-32(27(33(28,29)19(21,22)23)34(30,31)20(24,25)26)15-18(16-10-6-4-7-11-16)17-12-8-5-9-13-17/h4-13,18H,2-3,14-15H2,1H3. The predicted molar refractivity (Wildman–Crippen MR) is 118 cm³/mol. The molecule has 2 rings (SSSR count). The number of nitrogens with zero attached hydrogens (tertiary/aromatic N) is 1. The average Bonchev–Trinajstić information content (AvgIpc) is 2.74. The maximum Gasteiger partial charge on any atom is 0.512 e. The van der Waals surface area contributed by atoms with E-state index >= 15 is 0 Å². The molecule has 0 aliphatic carbocycles. The van der Waals surface area contributed by atoms with Gasteiger partial charge in [0.05, 0.1) is 0 Å². The van der Waals surface area contributed by atoms with Crippen molar-refractivity contribution in [3.05, 3.63) is 71.8 Å². The van der Waals surface area contributed by atoms with Gasteiger partial charge in [-0.25, -0.2) is 16.8 Å². The van der Waals surface area contributed by atoms with Gasteiger partial charge in [0.2, 0.25) is 0 Å². The molecule has 0 spiro atoms. The Bertz CT molecular complexity index is 1060. The lowest BCUT2D eigenvalue weighted by molar-refractivity contribution is -0.0505. The van der Waals surface area contributed by atoms with Crippen LogP contribution in [-0.4, -0.2) is 43.7 Å². The Hall–Kier alpha value is -1.69. The van der Waals surface area contributed by atoms with Crippen LogP contribution in [0.3, 0.4) is 0 Å². The van der Waals surface area contributed by atoms with Crippen LogP contribution in [0.5, 0.6) is 0 Å². The summed E-state index contributed by atoms with van der Waals surface area (Å²) in [4.78, 5) is 0. The summed E-state index contributed by atoms with van der Waals surface area (Å²) in [6.07, 6.45) is -0.702. The monoisotopic (exact) mass is 549 g/mol. The fourth-order valence-electron chi connectivity index (χ4n) is 3.18. The summed E-state index contributed by atoms with van der Waals surface area (Å²) < 4.78 is 128. The Balaban J connectivity index is 2.74. The summed E-state index contributed by atoms with van der Waals surface area (Å²) >= 11 is 0. The molecule has 0 saturated carbocycles. The molecule has 0 aromatic heterocycles. The van der Waals surface area contributed by atoms with Crippen LogP contribution in [0.25, 0.3) is 0 Å². The fourth-order valence-corrected chi connectivity index (χ4v) is 11.0. The van der Waals surface area contributed by atoms with E-state index in [0.717, 1.165) is 0 Å². The molecule has 0 radical (unpaired) electrons. The summed E-state index contributed by atoms with van der Waals surface area (Å²) in [6, 6.07) is 16.1. The molecule has 0 heterocycles. The highest BCUT2D eigenvalue weighted by atomic mass is 32.3. The van der Waals surface area contributed by atoms with E-state index in [-0.39, 0.29) is 6.42 Å². The molecule has 14 heteroatoms. The van der Waals surface area contributed by atoms with Crippen LogP contribution in [0.2, 0.25) is 0 Å². The predicted octanol–water partition coefficient (Wildman–Crippen LogP) is 6.02. The smallest absolute Gasteiger partial charge is 0.201 e. The third-order valence-corrected chi connectivity index (χ3v) is 12.7. The van der Waals surface area contributed by atoms with Crippen molar-refractivity contribution < 1.29 is 43.2 Å². The minimum Gasteiger partial charge on any atom is -0.201 e. The molecule has 0 amide bonds. The van der Waals surface area contributed by atoms with Gasteiger partial charge in [-0.3, -0.25) is 0 Å². The molecular weight excluding hydrogens is 527 g/mol.